The normalized spacial score (nSPS) is 25.0. The molecule has 1 heterocycles. The van der Waals surface area contributed by atoms with Gasteiger partial charge < -0.3 is 10.4 Å². The van der Waals surface area contributed by atoms with Crippen molar-refractivity contribution in [3.8, 4) is 0 Å². The minimum Gasteiger partial charge on any atom is -0.375 e. The summed E-state index contributed by atoms with van der Waals surface area (Å²) in [5.41, 5.74) is 0.594. The van der Waals surface area contributed by atoms with Gasteiger partial charge in [0.1, 0.15) is 0 Å². The Kier molecular flexibility index (Phi) is 6.26. The largest absolute Gasteiger partial charge is 0.375 e. The van der Waals surface area contributed by atoms with Gasteiger partial charge in [-0.05, 0) is 41.7 Å². The fourth-order valence-electron chi connectivity index (χ4n) is 5.48. The van der Waals surface area contributed by atoms with Crippen LogP contribution in [-0.2, 0) is 16.9 Å². The molecule has 2 fully saturated rings. The van der Waals surface area contributed by atoms with Crippen LogP contribution in [0.5, 0.6) is 0 Å². The lowest BCUT2D eigenvalue weighted by atomic mass is 9.77. The number of nitrogens with one attached hydrogen (secondary N) is 1. The Morgan fingerprint density at radius 2 is 1.60 bits per heavy atom. The van der Waals surface area contributed by atoms with Crippen molar-refractivity contribution < 1.29 is 9.90 Å². The van der Waals surface area contributed by atoms with E-state index in [9.17, 15) is 9.90 Å². The van der Waals surface area contributed by atoms with Crippen molar-refractivity contribution in [3.63, 3.8) is 0 Å². The van der Waals surface area contributed by atoms with Crippen LogP contribution in [0.4, 0.5) is 0 Å². The van der Waals surface area contributed by atoms with E-state index in [0.717, 1.165) is 32.5 Å². The first kappa shape index (κ1) is 21.1. The van der Waals surface area contributed by atoms with Gasteiger partial charge in [0.25, 0.3) is 5.91 Å². The molecule has 2 N–H and O–H groups in total. The second-order valence-corrected chi connectivity index (χ2v) is 9.03. The van der Waals surface area contributed by atoms with Crippen LogP contribution in [0, 0.1) is 23.7 Å². The Balaban J connectivity index is 1.33. The van der Waals surface area contributed by atoms with E-state index in [-0.39, 0.29) is 11.8 Å². The van der Waals surface area contributed by atoms with Crippen molar-refractivity contribution in [2.45, 2.75) is 38.8 Å². The lowest BCUT2D eigenvalue weighted by Crippen LogP contribution is -2.50. The van der Waals surface area contributed by atoms with Gasteiger partial charge in [0.15, 0.2) is 5.60 Å². The highest BCUT2D eigenvalue weighted by Crippen LogP contribution is 2.51. The van der Waals surface area contributed by atoms with E-state index in [4.69, 9.17) is 0 Å². The summed E-state index contributed by atoms with van der Waals surface area (Å²) in [7, 11) is 0. The van der Waals surface area contributed by atoms with Gasteiger partial charge in [-0.2, -0.15) is 0 Å². The number of aliphatic hydroxyl groups is 1. The smallest absolute Gasteiger partial charge is 0.256 e. The summed E-state index contributed by atoms with van der Waals surface area (Å²) in [6, 6.07) is 20.1. The third-order valence-electron chi connectivity index (χ3n) is 7.33. The van der Waals surface area contributed by atoms with Crippen LogP contribution in [0.1, 0.15) is 37.8 Å². The van der Waals surface area contributed by atoms with Gasteiger partial charge in [-0.1, -0.05) is 74.5 Å². The first-order valence-corrected chi connectivity index (χ1v) is 11.4. The summed E-state index contributed by atoms with van der Waals surface area (Å²) < 4.78 is 0. The van der Waals surface area contributed by atoms with Crippen molar-refractivity contribution in [1.29, 1.82) is 0 Å². The van der Waals surface area contributed by atoms with E-state index in [1.54, 1.807) is 0 Å². The van der Waals surface area contributed by atoms with Crippen LogP contribution in [0.3, 0.4) is 0 Å². The predicted octanol–water partition coefficient (Wildman–Crippen LogP) is 3.80. The van der Waals surface area contributed by atoms with Crippen LogP contribution in [0.25, 0.3) is 0 Å². The monoisotopic (exact) mass is 406 g/mol. The molecule has 2 aromatic carbocycles. The fraction of sp³-hybridized carbons (Fsp3) is 0.500. The molecule has 2 aliphatic rings. The quantitative estimate of drug-likeness (QED) is 0.666. The van der Waals surface area contributed by atoms with Gasteiger partial charge in [-0.3, -0.25) is 9.69 Å². The molecule has 30 heavy (non-hydrogen) atoms. The Morgan fingerprint density at radius 3 is 2.17 bits per heavy atom. The second-order valence-electron chi connectivity index (χ2n) is 9.03. The van der Waals surface area contributed by atoms with Crippen LogP contribution in [-0.4, -0.2) is 35.5 Å². The maximum absolute atomic E-state index is 13.2. The molecular weight excluding hydrogens is 372 g/mol. The minimum absolute atomic E-state index is 0.0973. The van der Waals surface area contributed by atoms with Crippen molar-refractivity contribution in [2.75, 3.05) is 19.6 Å². The lowest BCUT2D eigenvalue weighted by Gasteiger charge is -2.34. The van der Waals surface area contributed by atoms with E-state index in [1.165, 1.54) is 5.56 Å². The maximum atomic E-state index is 13.2. The molecule has 4 heteroatoms. The third kappa shape index (κ3) is 4.03. The third-order valence-corrected chi connectivity index (χ3v) is 7.33. The predicted molar refractivity (Wildman–Crippen MR) is 120 cm³/mol. The summed E-state index contributed by atoms with van der Waals surface area (Å²) in [4.78, 5) is 15.7. The van der Waals surface area contributed by atoms with Gasteiger partial charge in [-0.15, -0.1) is 0 Å². The van der Waals surface area contributed by atoms with Crippen molar-refractivity contribution in [1.82, 2.24) is 10.2 Å². The molecular formula is C26H34N2O2. The van der Waals surface area contributed by atoms with Crippen molar-refractivity contribution in [3.05, 3.63) is 71.8 Å². The van der Waals surface area contributed by atoms with E-state index in [0.29, 0.717) is 29.9 Å². The molecule has 2 aromatic rings. The molecule has 3 atom stereocenters. The number of fused-ring (bicyclic) bond motifs is 1. The van der Waals surface area contributed by atoms with Crippen molar-refractivity contribution in [2.24, 2.45) is 23.7 Å². The molecule has 0 bridgehead atoms. The molecule has 4 nitrogen and oxygen atoms in total. The molecule has 0 aromatic heterocycles. The Bertz CT molecular complexity index is 825. The molecule has 4 rings (SSSR count). The minimum atomic E-state index is -1.46. The molecule has 1 amide bonds. The number of hydrogen-bond acceptors (Lipinski definition) is 3. The summed E-state index contributed by atoms with van der Waals surface area (Å²) in [5, 5.41) is 14.7. The molecule has 1 saturated heterocycles. The molecule has 0 spiro atoms. The van der Waals surface area contributed by atoms with Crippen LogP contribution < -0.4 is 5.32 Å². The zero-order chi connectivity index (χ0) is 21.1. The number of piperidine rings is 1. The molecule has 0 radical (unpaired) electrons. The maximum Gasteiger partial charge on any atom is 0.256 e. The summed E-state index contributed by atoms with van der Waals surface area (Å²) in [5.74, 6) is 1.55. The Labute approximate surface area is 180 Å². The fourth-order valence-corrected chi connectivity index (χ4v) is 5.48. The van der Waals surface area contributed by atoms with Gasteiger partial charge in [0.2, 0.25) is 0 Å². The average Bonchev–Trinajstić information content (AvgIpc) is 3.24. The molecule has 2 unspecified atom stereocenters. The molecule has 160 valence electrons. The van der Waals surface area contributed by atoms with Gasteiger partial charge in [0.05, 0.1) is 0 Å². The topological polar surface area (TPSA) is 52.6 Å². The highest BCUT2D eigenvalue weighted by molar-refractivity contribution is 5.86. The number of likely N-dealkylation sites (tertiary alicyclic amines) is 1. The highest BCUT2D eigenvalue weighted by atomic mass is 16.3. The van der Waals surface area contributed by atoms with Crippen molar-refractivity contribution >= 4 is 5.91 Å². The average molecular weight is 407 g/mol. The summed E-state index contributed by atoms with van der Waals surface area (Å²) in [6.45, 7) is 7.98. The second kappa shape index (κ2) is 8.91. The SMILES string of the molecule is CCC(CC)[C@@](O)(C(=O)NCC1C2CN(Cc3ccccc3)CC12)c1ccccc1. The zero-order valence-corrected chi connectivity index (χ0v) is 18.1. The number of carbonyl (C=O) groups is 1. The van der Waals surface area contributed by atoms with E-state index < -0.39 is 5.60 Å². The van der Waals surface area contributed by atoms with E-state index in [1.807, 2.05) is 44.2 Å². The first-order valence-electron chi connectivity index (χ1n) is 11.4. The number of carbonyl (C=O) groups excluding carboxylic acids is 1. The standard InChI is InChI=1S/C26H34N2O2/c1-3-20(4-2)26(30,21-13-9-6-10-14-21)25(29)27-15-22-23-17-28(18-24(22)23)16-19-11-7-5-8-12-19/h5-14,20,22-24,30H,3-4,15-18H2,1-2H3,(H,27,29)/t22?,23?,24?,26-/m0/s1. The van der Waals surface area contributed by atoms with Gasteiger partial charge in [-0.25, -0.2) is 0 Å². The van der Waals surface area contributed by atoms with Gasteiger partial charge in [0, 0.05) is 32.1 Å². The number of nitrogens with zero attached hydrogens (tertiary/aromatic N) is 1. The summed E-state index contributed by atoms with van der Waals surface area (Å²) in [6.07, 6.45) is 1.52. The van der Waals surface area contributed by atoms with E-state index >= 15 is 0 Å². The number of benzene rings is 2. The molecule has 1 aliphatic carbocycles. The van der Waals surface area contributed by atoms with Crippen LogP contribution >= 0.6 is 0 Å². The zero-order valence-electron chi connectivity index (χ0n) is 18.1. The number of amides is 1. The van der Waals surface area contributed by atoms with E-state index in [2.05, 4.69) is 40.5 Å². The van der Waals surface area contributed by atoms with Crippen LogP contribution in [0.15, 0.2) is 60.7 Å². The number of hydrogen-bond donors (Lipinski definition) is 2. The lowest BCUT2D eigenvalue weighted by molar-refractivity contribution is -0.148. The highest BCUT2D eigenvalue weighted by Gasteiger charge is 2.55. The van der Waals surface area contributed by atoms with Gasteiger partial charge >= 0.3 is 0 Å². The number of rotatable bonds is 9. The molecule has 1 aliphatic heterocycles. The summed E-state index contributed by atoms with van der Waals surface area (Å²) >= 11 is 0. The molecule has 1 saturated carbocycles. The first-order chi connectivity index (χ1) is 14.6. The Morgan fingerprint density at radius 1 is 1.03 bits per heavy atom. The Hall–Kier alpha value is -2.17. The van der Waals surface area contributed by atoms with Crippen LogP contribution in [0.2, 0.25) is 0 Å².